The zero-order valence-electron chi connectivity index (χ0n) is 14.0. The van der Waals surface area contributed by atoms with Crippen molar-refractivity contribution in [2.24, 2.45) is 0 Å². The third-order valence-corrected chi connectivity index (χ3v) is 4.27. The topological polar surface area (TPSA) is 61.2 Å². The maximum Gasteiger partial charge on any atom is 0.226 e. The lowest BCUT2D eigenvalue weighted by molar-refractivity contribution is 0.414. The molecule has 4 rings (SSSR count). The summed E-state index contributed by atoms with van der Waals surface area (Å²) in [6, 6.07) is 15.9. The number of aromatic nitrogens is 3. The van der Waals surface area contributed by atoms with E-state index < -0.39 is 0 Å². The Balaban J connectivity index is 1.74. The number of ether oxygens (including phenoxy) is 2. The summed E-state index contributed by atoms with van der Waals surface area (Å²) in [5, 5.41) is 7.70. The van der Waals surface area contributed by atoms with Gasteiger partial charge in [-0.2, -0.15) is 10.1 Å². The summed E-state index contributed by atoms with van der Waals surface area (Å²) in [7, 11) is 3.33. The molecule has 1 atom stereocenters. The van der Waals surface area contributed by atoms with Crippen molar-refractivity contribution < 1.29 is 9.47 Å². The van der Waals surface area contributed by atoms with Gasteiger partial charge in [0, 0.05) is 5.70 Å². The molecule has 0 fully saturated rings. The van der Waals surface area contributed by atoms with Gasteiger partial charge in [0.15, 0.2) is 0 Å². The van der Waals surface area contributed by atoms with Crippen LogP contribution in [0.15, 0.2) is 60.9 Å². The van der Waals surface area contributed by atoms with Gasteiger partial charge in [0.25, 0.3) is 0 Å². The van der Waals surface area contributed by atoms with Gasteiger partial charge in [-0.05, 0) is 53.6 Å². The number of hydrogen-bond acceptors (Lipinski definition) is 5. The normalized spacial score (nSPS) is 15.8. The molecule has 0 aliphatic carbocycles. The molecule has 0 saturated heterocycles. The summed E-state index contributed by atoms with van der Waals surface area (Å²) in [4.78, 5) is 4.33. The number of allylic oxidation sites excluding steroid dienone is 1. The Kier molecular flexibility index (Phi) is 3.85. The third-order valence-electron chi connectivity index (χ3n) is 4.27. The van der Waals surface area contributed by atoms with E-state index in [1.165, 1.54) is 0 Å². The molecule has 25 heavy (non-hydrogen) atoms. The van der Waals surface area contributed by atoms with Crippen LogP contribution in [0.3, 0.4) is 0 Å². The van der Waals surface area contributed by atoms with Gasteiger partial charge in [-0.3, -0.25) is 0 Å². The molecule has 0 bridgehead atoms. The minimum atomic E-state index is -0.0400. The van der Waals surface area contributed by atoms with E-state index in [1.54, 1.807) is 20.5 Å². The molecule has 0 unspecified atom stereocenters. The molecule has 3 aromatic rings. The fourth-order valence-corrected chi connectivity index (χ4v) is 2.91. The van der Waals surface area contributed by atoms with Gasteiger partial charge in [-0.1, -0.05) is 12.1 Å². The Labute approximate surface area is 145 Å². The Hall–Kier alpha value is -3.28. The van der Waals surface area contributed by atoms with E-state index >= 15 is 0 Å². The molecule has 126 valence electrons. The minimum Gasteiger partial charge on any atom is -0.497 e. The van der Waals surface area contributed by atoms with Crippen LogP contribution in [0, 0.1) is 0 Å². The quantitative estimate of drug-likeness (QED) is 0.793. The third kappa shape index (κ3) is 2.82. The molecule has 6 heteroatoms. The Morgan fingerprint density at radius 1 is 0.920 bits per heavy atom. The van der Waals surface area contributed by atoms with Crippen LogP contribution in [-0.2, 0) is 0 Å². The van der Waals surface area contributed by atoms with Crippen molar-refractivity contribution in [1.82, 2.24) is 14.8 Å². The van der Waals surface area contributed by atoms with Gasteiger partial charge in [0.1, 0.15) is 23.9 Å². The number of benzene rings is 2. The lowest BCUT2D eigenvalue weighted by Crippen LogP contribution is -2.20. The van der Waals surface area contributed by atoms with E-state index in [0.717, 1.165) is 28.3 Å². The van der Waals surface area contributed by atoms with Crippen LogP contribution in [0.25, 0.3) is 5.70 Å². The van der Waals surface area contributed by atoms with Gasteiger partial charge in [-0.15, -0.1) is 0 Å². The number of rotatable bonds is 4. The van der Waals surface area contributed by atoms with Crippen molar-refractivity contribution in [2.45, 2.75) is 6.04 Å². The fraction of sp³-hybridized carbons (Fsp3) is 0.158. The standard InChI is InChI=1S/C19H18N4O2/c1-24-15-7-3-13(4-8-15)17-11-18(23-19(22-17)20-12-21-23)14-5-9-16(25-2)10-6-14/h3-12,18H,1-2H3,(H,20,21,22)/t18-/m0/s1. The number of fused-ring (bicyclic) bond motifs is 1. The van der Waals surface area contributed by atoms with Gasteiger partial charge >= 0.3 is 0 Å². The average molecular weight is 334 g/mol. The fourth-order valence-electron chi connectivity index (χ4n) is 2.91. The van der Waals surface area contributed by atoms with Crippen LogP contribution in [0.2, 0.25) is 0 Å². The Morgan fingerprint density at radius 2 is 1.56 bits per heavy atom. The SMILES string of the molecule is COc1ccc(C2=C[C@@H](c3ccc(OC)cc3)n3ncnc3N2)cc1. The van der Waals surface area contributed by atoms with E-state index in [-0.39, 0.29) is 6.04 Å². The van der Waals surface area contributed by atoms with Crippen molar-refractivity contribution in [2.75, 3.05) is 19.5 Å². The maximum atomic E-state index is 5.25. The second-order valence-corrected chi connectivity index (χ2v) is 5.68. The second-order valence-electron chi connectivity index (χ2n) is 5.68. The van der Waals surface area contributed by atoms with Crippen LogP contribution >= 0.6 is 0 Å². The van der Waals surface area contributed by atoms with Crippen molar-refractivity contribution in [1.29, 1.82) is 0 Å². The monoisotopic (exact) mass is 334 g/mol. The van der Waals surface area contributed by atoms with Crippen molar-refractivity contribution in [3.63, 3.8) is 0 Å². The molecule has 2 aromatic carbocycles. The summed E-state index contributed by atoms with van der Waals surface area (Å²) >= 11 is 0. The predicted octanol–water partition coefficient (Wildman–Crippen LogP) is 3.35. The van der Waals surface area contributed by atoms with Gasteiger partial charge in [0.2, 0.25) is 5.95 Å². The molecule has 1 aliphatic rings. The minimum absolute atomic E-state index is 0.0400. The zero-order valence-corrected chi connectivity index (χ0v) is 14.0. The summed E-state index contributed by atoms with van der Waals surface area (Å²) in [6.07, 6.45) is 3.70. The van der Waals surface area contributed by atoms with Gasteiger partial charge in [0.05, 0.1) is 14.2 Å². The van der Waals surface area contributed by atoms with Crippen molar-refractivity contribution in [3.8, 4) is 11.5 Å². The first-order valence-corrected chi connectivity index (χ1v) is 7.95. The molecule has 0 radical (unpaired) electrons. The van der Waals surface area contributed by atoms with E-state index in [4.69, 9.17) is 9.47 Å². The largest absolute Gasteiger partial charge is 0.497 e. The molecule has 6 nitrogen and oxygen atoms in total. The summed E-state index contributed by atoms with van der Waals surface area (Å²) < 4.78 is 12.4. The van der Waals surface area contributed by atoms with Crippen LogP contribution in [-0.4, -0.2) is 29.0 Å². The number of nitrogens with one attached hydrogen (secondary N) is 1. The summed E-state index contributed by atoms with van der Waals surface area (Å²) in [5.41, 5.74) is 3.16. The molecule has 1 aromatic heterocycles. The first-order chi connectivity index (χ1) is 12.3. The molecule has 0 saturated carbocycles. The first kappa shape index (κ1) is 15.3. The van der Waals surface area contributed by atoms with E-state index in [2.05, 4.69) is 21.5 Å². The highest BCUT2D eigenvalue weighted by Crippen LogP contribution is 2.32. The maximum absolute atomic E-state index is 5.25. The van der Waals surface area contributed by atoms with E-state index in [1.807, 2.05) is 53.2 Å². The predicted molar refractivity (Wildman–Crippen MR) is 95.7 cm³/mol. The number of methoxy groups -OCH3 is 2. The first-order valence-electron chi connectivity index (χ1n) is 7.95. The molecular weight excluding hydrogens is 316 g/mol. The Morgan fingerprint density at radius 3 is 2.20 bits per heavy atom. The van der Waals surface area contributed by atoms with Crippen LogP contribution < -0.4 is 14.8 Å². The van der Waals surface area contributed by atoms with Crippen LogP contribution in [0.1, 0.15) is 17.2 Å². The highest BCUT2D eigenvalue weighted by molar-refractivity contribution is 5.77. The molecule has 0 amide bonds. The van der Waals surface area contributed by atoms with Gasteiger partial charge < -0.3 is 14.8 Å². The van der Waals surface area contributed by atoms with E-state index in [9.17, 15) is 0 Å². The smallest absolute Gasteiger partial charge is 0.226 e. The van der Waals surface area contributed by atoms with Crippen molar-refractivity contribution in [3.05, 3.63) is 72.1 Å². The molecular formula is C19H18N4O2. The van der Waals surface area contributed by atoms with Crippen molar-refractivity contribution >= 4 is 11.6 Å². The molecule has 2 heterocycles. The van der Waals surface area contributed by atoms with Gasteiger partial charge in [-0.25, -0.2) is 4.68 Å². The highest BCUT2D eigenvalue weighted by atomic mass is 16.5. The number of nitrogens with zero attached hydrogens (tertiary/aromatic N) is 3. The van der Waals surface area contributed by atoms with Crippen LogP contribution in [0.4, 0.5) is 5.95 Å². The number of hydrogen-bond donors (Lipinski definition) is 1. The highest BCUT2D eigenvalue weighted by Gasteiger charge is 2.23. The summed E-state index contributed by atoms with van der Waals surface area (Å²) in [5.74, 6) is 2.38. The Bertz CT molecular complexity index is 898. The second kappa shape index (κ2) is 6.32. The summed E-state index contributed by atoms with van der Waals surface area (Å²) in [6.45, 7) is 0. The molecule has 0 spiro atoms. The lowest BCUT2D eigenvalue weighted by atomic mass is 10.0. The average Bonchev–Trinajstić information content (AvgIpc) is 3.16. The van der Waals surface area contributed by atoms with E-state index in [0.29, 0.717) is 5.95 Å². The zero-order chi connectivity index (χ0) is 17.2. The molecule has 1 N–H and O–H groups in total. The number of anilines is 1. The van der Waals surface area contributed by atoms with Crippen LogP contribution in [0.5, 0.6) is 11.5 Å². The lowest BCUT2D eigenvalue weighted by Gasteiger charge is -2.24. The molecule has 1 aliphatic heterocycles.